The van der Waals surface area contributed by atoms with E-state index in [1.54, 1.807) is 38.5 Å². The van der Waals surface area contributed by atoms with Crippen molar-refractivity contribution in [2.24, 2.45) is 0 Å². The molecule has 2 N–H and O–H groups in total. The van der Waals surface area contributed by atoms with Crippen molar-refractivity contribution in [2.45, 2.75) is 6.42 Å². The molecule has 0 bridgehead atoms. The van der Waals surface area contributed by atoms with Gasteiger partial charge in [-0.05, 0) is 42.3 Å². The highest BCUT2D eigenvalue weighted by Crippen LogP contribution is 2.27. The molecular weight excluding hydrogens is 364 g/mol. The third kappa shape index (κ3) is 5.47. The average Bonchev–Trinajstić information content (AvgIpc) is 2.72. The van der Waals surface area contributed by atoms with Gasteiger partial charge in [-0.25, -0.2) is 4.79 Å². The van der Waals surface area contributed by atoms with Gasteiger partial charge in [-0.1, -0.05) is 12.1 Å². The molecule has 0 radical (unpaired) electrons. The molecule has 2 rings (SSSR count). The van der Waals surface area contributed by atoms with Crippen molar-refractivity contribution >= 4 is 23.5 Å². The number of anilines is 1. The molecule has 28 heavy (non-hydrogen) atoms. The van der Waals surface area contributed by atoms with E-state index < -0.39 is 17.8 Å². The Bertz CT molecular complexity index is 866. The third-order valence-electron chi connectivity index (χ3n) is 3.89. The van der Waals surface area contributed by atoms with Crippen LogP contribution in [0.3, 0.4) is 0 Å². The molecule has 2 aromatic carbocycles. The summed E-state index contributed by atoms with van der Waals surface area (Å²) >= 11 is 0. The lowest BCUT2D eigenvalue weighted by Crippen LogP contribution is -2.36. The van der Waals surface area contributed by atoms with Crippen LogP contribution in [0, 0.1) is 0 Å². The van der Waals surface area contributed by atoms with Gasteiger partial charge in [-0.3, -0.25) is 9.59 Å². The summed E-state index contributed by atoms with van der Waals surface area (Å²) in [6, 6.07) is 11.6. The number of esters is 1. The SMILES string of the molecule is COC(=O)c1cccc(NC(=O)C(=O)NCCc2ccc(OC)c(OC)c2)c1. The molecule has 0 spiro atoms. The summed E-state index contributed by atoms with van der Waals surface area (Å²) in [6.45, 7) is 0.268. The van der Waals surface area contributed by atoms with Crippen LogP contribution in [-0.2, 0) is 20.7 Å². The van der Waals surface area contributed by atoms with E-state index in [9.17, 15) is 14.4 Å². The second-order valence-electron chi connectivity index (χ2n) is 5.72. The number of benzene rings is 2. The van der Waals surface area contributed by atoms with Crippen LogP contribution in [0.2, 0.25) is 0 Å². The van der Waals surface area contributed by atoms with E-state index in [1.807, 2.05) is 12.1 Å². The van der Waals surface area contributed by atoms with Crippen molar-refractivity contribution in [3.8, 4) is 11.5 Å². The fraction of sp³-hybridized carbons (Fsp3) is 0.250. The van der Waals surface area contributed by atoms with E-state index in [0.29, 0.717) is 23.6 Å². The van der Waals surface area contributed by atoms with E-state index in [0.717, 1.165) is 5.56 Å². The topological polar surface area (TPSA) is 103 Å². The molecule has 0 fully saturated rings. The van der Waals surface area contributed by atoms with E-state index in [-0.39, 0.29) is 12.1 Å². The van der Waals surface area contributed by atoms with Gasteiger partial charge in [0.05, 0.1) is 26.9 Å². The lowest BCUT2D eigenvalue weighted by Gasteiger charge is -2.10. The predicted octanol–water partition coefficient (Wildman–Crippen LogP) is 1.79. The van der Waals surface area contributed by atoms with Crippen LogP contribution in [0.15, 0.2) is 42.5 Å². The minimum absolute atomic E-state index is 0.268. The van der Waals surface area contributed by atoms with E-state index >= 15 is 0 Å². The largest absolute Gasteiger partial charge is 0.493 e. The van der Waals surface area contributed by atoms with Crippen LogP contribution < -0.4 is 20.1 Å². The van der Waals surface area contributed by atoms with Crippen LogP contribution in [-0.4, -0.2) is 45.7 Å². The fourth-order valence-electron chi connectivity index (χ4n) is 2.47. The number of hydrogen-bond donors (Lipinski definition) is 2. The number of nitrogens with one attached hydrogen (secondary N) is 2. The molecule has 0 unspecified atom stereocenters. The summed E-state index contributed by atoms with van der Waals surface area (Å²) in [5.74, 6) is -0.924. The minimum Gasteiger partial charge on any atom is -0.493 e. The highest BCUT2D eigenvalue weighted by atomic mass is 16.5. The minimum atomic E-state index is -0.825. The van der Waals surface area contributed by atoms with Gasteiger partial charge in [0.2, 0.25) is 0 Å². The number of methoxy groups -OCH3 is 3. The molecule has 0 heterocycles. The monoisotopic (exact) mass is 386 g/mol. The number of hydrogen-bond acceptors (Lipinski definition) is 6. The molecule has 0 saturated carbocycles. The Morgan fingerprint density at radius 3 is 2.32 bits per heavy atom. The molecule has 0 aliphatic heterocycles. The average molecular weight is 386 g/mol. The van der Waals surface area contributed by atoms with Gasteiger partial charge in [0.25, 0.3) is 0 Å². The molecule has 8 nitrogen and oxygen atoms in total. The van der Waals surface area contributed by atoms with E-state index in [4.69, 9.17) is 9.47 Å². The highest BCUT2D eigenvalue weighted by Gasteiger charge is 2.14. The Balaban J connectivity index is 1.88. The molecular formula is C20H22N2O6. The summed E-state index contributed by atoms with van der Waals surface area (Å²) < 4.78 is 15.0. The first kappa shape index (κ1) is 20.8. The quantitative estimate of drug-likeness (QED) is 0.556. The zero-order valence-electron chi connectivity index (χ0n) is 15.9. The van der Waals surface area contributed by atoms with E-state index in [2.05, 4.69) is 15.4 Å². The van der Waals surface area contributed by atoms with Gasteiger partial charge >= 0.3 is 17.8 Å². The Labute approximate surface area is 162 Å². The zero-order chi connectivity index (χ0) is 20.5. The molecule has 0 aliphatic carbocycles. The summed E-state index contributed by atoms with van der Waals surface area (Å²) in [4.78, 5) is 35.5. The van der Waals surface area contributed by atoms with Crippen LogP contribution in [0.25, 0.3) is 0 Å². The Morgan fingerprint density at radius 1 is 0.893 bits per heavy atom. The maximum absolute atomic E-state index is 12.0. The van der Waals surface area contributed by atoms with Crippen molar-refractivity contribution in [1.82, 2.24) is 5.32 Å². The zero-order valence-corrected chi connectivity index (χ0v) is 15.9. The maximum atomic E-state index is 12.0. The lowest BCUT2D eigenvalue weighted by atomic mass is 10.1. The summed E-state index contributed by atoms with van der Waals surface area (Å²) in [6.07, 6.45) is 0.511. The first-order chi connectivity index (χ1) is 13.5. The fourth-order valence-corrected chi connectivity index (χ4v) is 2.47. The van der Waals surface area contributed by atoms with E-state index in [1.165, 1.54) is 13.2 Å². The Hall–Kier alpha value is -3.55. The molecule has 0 atom stereocenters. The van der Waals surface area contributed by atoms with Crippen molar-refractivity contribution in [3.05, 3.63) is 53.6 Å². The van der Waals surface area contributed by atoms with Crippen molar-refractivity contribution < 1.29 is 28.6 Å². The number of carbonyl (C=O) groups is 3. The molecule has 148 valence electrons. The van der Waals surface area contributed by atoms with Crippen LogP contribution >= 0.6 is 0 Å². The van der Waals surface area contributed by atoms with Crippen molar-refractivity contribution in [2.75, 3.05) is 33.2 Å². The standard InChI is InChI=1S/C20H22N2O6/c1-26-16-8-7-13(11-17(16)27-2)9-10-21-18(23)19(24)22-15-6-4-5-14(12-15)20(25)28-3/h4-8,11-12H,9-10H2,1-3H3,(H,21,23)(H,22,24). The second kappa shape index (κ2) is 9.96. The van der Waals surface area contributed by atoms with Gasteiger partial charge < -0.3 is 24.8 Å². The highest BCUT2D eigenvalue weighted by molar-refractivity contribution is 6.39. The lowest BCUT2D eigenvalue weighted by molar-refractivity contribution is -0.136. The van der Waals surface area contributed by atoms with Crippen LogP contribution in [0.1, 0.15) is 15.9 Å². The van der Waals surface area contributed by atoms with Crippen LogP contribution in [0.4, 0.5) is 5.69 Å². The van der Waals surface area contributed by atoms with Crippen LogP contribution in [0.5, 0.6) is 11.5 Å². The van der Waals surface area contributed by atoms with Gasteiger partial charge in [0, 0.05) is 12.2 Å². The smallest absolute Gasteiger partial charge is 0.337 e. The number of ether oxygens (including phenoxy) is 3. The normalized spacial score (nSPS) is 9.96. The van der Waals surface area contributed by atoms with Crippen molar-refractivity contribution in [1.29, 1.82) is 0 Å². The number of carbonyl (C=O) groups excluding carboxylic acids is 3. The molecule has 8 heteroatoms. The number of amides is 2. The summed E-state index contributed by atoms with van der Waals surface area (Å²) in [7, 11) is 4.36. The van der Waals surface area contributed by atoms with Gasteiger partial charge in [-0.15, -0.1) is 0 Å². The van der Waals surface area contributed by atoms with Gasteiger partial charge in [0.15, 0.2) is 11.5 Å². The van der Waals surface area contributed by atoms with Gasteiger partial charge in [-0.2, -0.15) is 0 Å². The third-order valence-corrected chi connectivity index (χ3v) is 3.89. The Kier molecular flexibility index (Phi) is 7.38. The molecule has 0 saturated heterocycles. The molecule has 2 aromatic rings. The molecule has 2 amide bonds. The maximum Gasteiger partial charge on any atom is 0.337 e. The summed E-state index contributed by atoms with van der Waals surface area (Å²) in [5.41, 5.74) is 1.52. The van der Waals surface area contributed by atoms with Gasteiger partial charge in [0.1, 0.15) is 0 Å². The Morgan fingerprint density at radius 2 is 1.64 bits per heavy atom. The van der Waals surface area contributed by atoms with Crippen molar-refractivity contribution in [3.63, 3.8) is 0 Å². The summed E-state index contributed by atoms with van der Waals surface area (Å²) in [5, 5.41) is 5.00. The second-order valence-corrected chi connectivity index (χ2v) is 5.72. The first-order valence-electron chi connectivity index (χ1n) is 8.47. The first-order valence-corrected chi connectivity index (χ1v) is 8.47. The molecule has 0 aromatic heterocycles. The number of rotatable bonds is 7. The molecule has 0 aliphatic rings. The predicted molar refractivity (Wildman–Crippen MR) is 103 cm³/mol.